The van der Waals surface area contributed by atoms with Gasteiger partial charge in [-0.15, -0.1) is 0 Å². The average molecular weight is 184 g/mol. The summed E-state index contributed by atoms with van der Waals surface area (Å²) in [6.45, 7) is 1.85. The Morgan fingerprint density at radius 1 is 1.69 bits per heavy atom. The standard InChI is InChI=1S/C8H12N2O3/c1-5-3-4-6(7(5)11)9-10-8(12)13-2/h5H,3-4H2,1-2H3,(H,10,12). The molecule has 0 heterocycles. The van der Waals surface area contributed by atoms with Gasteiger partial charge in [-0.1, -0.05) is 6.92 Å². The van der Waals surface area contributed by atoms with Gasteiger partial charge in [-0.2, -0.15) is 5.10 Å². The van der Waals surface area contributed by atoms with E-state index >= 15 is 0 Å². The fourth-order valence-electron chi connectivity index (χ4n) is 1.16. The number of nitrogens with zero attached hydrogens (tertiary/aromatic N) is 1. The van der Waals surface area contributed by atoms with Crippen molar-refractivity contribution in [1.82, 2.24) is 5.43 Å². The van der Waals surface area contributed by atoms with Crippen molar-refractivity contribution in [2.75, 3.05) is 7.11 Å². The van der Waals surface area contributed by atoms with Gasteiger partial charge in [0.1, 0.15) is 5.71 Å². The van der Waals surface area contributed by atoms with Crippen LogP contribution in [0.25, 0.3) is 0 Å². The van der Waals surface area contributed by atoms with Crippen LogP contribution in [-0.4, -0.2) is 24.7 Å². The number of nitrogens with one attached hydrogen (secondary N) is 1. The van der Waals surface area contributed by atoms with Crippen LogP contribution in [0.5, 0.6) is 0 Å². The second-order valence-corrected chi connectivity index (χ2v) is 2.97. The lowest BCUT2D eigenvalue weighted by molar-refractivity contribution is -0.115. The molecule has 0 spiro atoms. The molecule has 1 rings (SSSR count). The van der Waals surface area contributed by atoms with Crippen LogP contribution in [0.1, 0.15) is 19.8 Å². The zero-order valence-corrected chi connectivity index (χ0v) is 7.66. The van der Waals surface area contributed by atoms with E-state index in [-0.39, 0.29) is 11.7 Å². The van der Waals surface area contributed by atoms with Gasteiger partial charge in [0.25, 0.3) is 0 Å². The molecule has 0 aromatic carbocycles. The number of hydrogen-bond donors (Lipinski definition) is 1. The number of ketones is 1. The molecule has 13 heavy (non-hydrogen) atoms. The smallest absolute Gasteiger partial charge is 0.427 e. The Bertz CT molecular complexity index is 260. The highest BCUT2D eigenvalue weighted by Crippen LogP contribution is 2.18. The lowest BCUT2D eigenvalue weighted by Crippen LogP contribution is -2.21. The Kier molecular flexibility index (Phi) is 3.00. The van der Waals surface area contributed by atoms with Crippen LogP contribution in [0.15, 0.2) is 5.10 Å². The first kappa shape index (κ1) is 9.70. The van der Waals surface area contributed by atoms with E-state index in [0.29, 0.717) is 12.1 Å². The molecule has 72 valence electrons. The molecule has 5 nitrogen and oxygen atoms in total. The van der Waals surface area contributed by atoms with Crippen LogP contribution in [0, 0.1) is 5.92 Å². The molecule has 1 aliphatic carbocycles. The summed E-state index contributed by atoms with van der Waals surface area (Å²) < 4.78 is 4.30. The van der Waals surface area contributed by atoms with Crippen LogP contribution in [-0.2, 0) is 9.53 Å². The maximum atomic E-state index is 11.3. The van der Waals surface area contributed by atoms with E-state index in [4.69, 9.17) is 0 Å². The van der Waals surface area contributed by atoms with Gasteiger partial charge >= 0.3 is 6.09 Å². The summed E-state index contributed by atoms with van der Waals surface area (Å²) in [5.41, 5.74) is 2.56. The molecule has 0 radical (unpaired) electrons. The Labute approximate surface area is 76.1 Å². The molecule has 1 aliphatic rings. The molecule has 5 heteroatoms. The third kappa shape index (κ3) is 2.27. The van der Waals surface area contributed by atoms with Crippen LogP contribution < -0.4 is 5.43 Å². The summed E-state index contributed by atoms with van der Waals surface area (Å²) in [5.74, 6) is 0.0367. The summed E-state index contributed by atoms with van der Waals surface area (Å²) in [4.78, 5) is 21.9. The highest BCUT2D eigenvalue weighted by Gasteiger charge is 2.26. The van der Waals surface area contributed by atoms with Crippen molar-refractivity contribution in [1.29, 1.82) is 0 Å². The third-order valence-electron chi connectivity index (χ3n) is 2.01. The number of Topliss-reactive ketones (excluding diaryl/α,β-unsaturated/α-hetero) is 1. The van der Waals surface area contributed by atoms with Crippen LogP contribution in [0.3, 0.4) is 0 Å². The average Bonchev–Trinajstić information content (AvgIpc) is 2.44. The zero-order chi connectivity index (χ0) is 9.84. The summed E-state index contributed by atoms with van der Waals surface area (Å²) in [6.07, 6.45) is 0.782. The lowest BCUT2D eigenvalue weighted by Gasteiger charge is -1.98. The largest absolute Gasteiger partial charge is 0.452 e. The molecule has 0 bridgehead atoms. The number of hydrazone groups is 1. The number of hydrogen-bond acceptors (Lipinski definition) is 4. The number of ether oxygens (including phenoxy) is 1. The van der Waals surface area contributed by atoms with Gasteiger partial charge in [0.2, 0.25) is 0 Å². The molecule has 1 fully saturated rings. The topological polar surface area (TPSA) is 67.8 Å². The number of carbonyl (C=O) groups is 2. The normalized spacial score (nSPS) is 24.9. The first-order chi connectivity index (χ1) is 6.15. The van der Waals surface area contributed by atoms with Gasteiger partial charge in [0, 0.05) is 5.92 Å². The van der Waals surface area contributed by atoms with Crippen molar-refractivity contribution in [3.63, 3.8) is 0 Å². The van der Waals surface area contributed by atoms with Gasteiger partial charge in [0.15, 0.2) is 5.78 Å². The maximum Gasteiger partial charge on any atom is 0.427 e. The predicted octanol–water partition coefficient (Wildman–Crippen LogP) is 0.697. The minimum atomic E-state index is -0.653. The van der Waals surface area contributed by atoms with E-state index in [1.165, 1.54) is 7.11 Å². The number of carbonyl (C=O) groups excluding carboxylic acids is 2. The molecule has 0 aliphatic heterocycles. The van der Waals surface area contributed by atoms with E-state index in [2.05, 4.69) is 15.3 Å². The van der Waals surface area contributed by atoms with Crippen molar-refractivity contribution in [2.24, 2.45) is 11.0 Å². The summed E-state index contributed by atoms with van der Waals surface area (Å²) in [7, 11) is 1.24. The predicted molar refractivity (Wildman–Crippen MR) is 46.4 cm³/mol. The van der Waals surface area contributed by atoms with Crippen molar-refractivity contribution < 1.29 is 14.3 Å². The highest BCUT2D eigenvalue weighted by molar-refractivity contribution is 6.42. The van der Waals surface area contributed by atoms with E-state index in [1.54, 1.807) is 0 Å². The molecule has 0 aromatic heterocycles. The Morgan fingerprint density at radius 3 is 2.85 bits per heavy atom. The SMILES string of the molecule is COC(=O)NN=C1CCC(C)C1=O. The fourth-order valence-corrected chi connectivity index (χ4v) is 1.16. The van der Waals surface area contributed by atoms with E-state index in [1.807, 2.05) is 6.92 Å². The monoisotopic (exact) mass is 184 g/mol. The molecule has 1 N–H and O–H groups in total. The summed E-state index contributed by atoms with van der Waals surface area (Å²) in [5, 5.41) is 3.67. The molecule has 1 atom stereocenters. The Balaban J connectivity index is 2.53. The Hall–Kier alpha value is -1.39. The zero-order valence-electron chi connectivity index (χ0n) is 7.66. The van der Waals surface area contributed by atoms with Crippen molar-refractivity contribution in [2.45, 2.75) is 19.8 Å². The summed E-state index contributed by atoms with van der Waals surface area (Å²) >= 11 is 0. The van der Waals surface area contributed by atoms with Crippen LogP contribution >= 0.6 is 0 Å². The van der Waals surface area contributed by atoms with Gasteiger partial charge in [-0.25, -0.2) is 10.2 Å². The Morgan fingerprint density at radius 2 is 2.38 bits per heavy atom. The van der Waals surface area contributed by atoms with Gasteiger partial charge in [-0.05, 0) is 12.8 Å². The maximum absolute atomic E-state index is 11.3. The van der Waals surface area contributed by atoms with Crippen LogP contribution in [0.4, 0.5) is 4.79 Å². The van der Waals surface area contributed by atoms with E-state index < -0.39 is 6.09 Å². The van der Waals surface area contributed by atoms with Crippen molar-refractivity contribution in [3.05, 3.63) is 0 Å². The van der Waals surface area contributed by atoms with Gasteiger partial charge in [0.05, 0.1) is 7.11 Å². The highest BCUT2D eigenvalue weighted by atomic mass is 16.5. The molecule has 1 unspecified atom stereocenters. The molecule has 1 saturated carbocycles. The molecule has 0 aromatic rings. The van der Waals surface area contributed by atoms with Crippen molar-refractivity contribution >= 4 is 17.6 Å². The molecular weight excluding hydrogens is 172 g/mol. The molecule has 0 saturated heterocycles. The second-order valence-electron chi connectivity index (χ2n) is 2.97. The minimum absolute atomic E-state index is 0.0106. The number of methoxy groups -OCH3 is 1. The first-order valence-electron chi connectivity index (χ1n) is 4.10. The number of amides is 1. The van der Waals surface area contributed by atoms with E-state index in [0.717, 1.165) is 6.42 Å². The second kappa shape index (κ2) is 4.02. The van der Waals surface area contributed by atoms with Gasteiger partial charge in [-0.3, -0.25) is 4.79 Å². The minimum Gasteiger partial charge on any atom is -0.452 e. The quantitative estimate of drug-likeness (QED) is 0.610. The van der Waals surface area contributed by atoms with Crippen LogP contribution in [0.2, 0.25) is 0 Å². The van der Waals surface area contributed by atoms with E-state index in [9.17, 15) is 9.59 Å². The number of rotatable bonds is 1. The first-order valence-corrected chi connectivity index (χ1v) is 4.10. The fraction of sp³-hybridized carbons (Fsp3) is 0.625. The van der Waals surface area contributed by atoms with Crippen molar-refractivity contribution in [3.8, 4) is 0 Å². The summed E-state index contributed by atoms with van der Waals surface area (Å²) in [6, 6.07) is 0. The van der Waals surface area contributed by atoms with Gasteiger partial charge < -0.3 is 4.74 Å². The molecular formula is C8H12N2O3. The lowest BCUT2D eigenvalue weighted by atomic mass is 10.1. The third-order valence-corrected chi connectivity index (χ3v) is 2.01. The molecule has 1 amide bonds.